The van der Waals surface area contributed by atoms with E-state index in [9.17, 15) is 0 Å². The van der Waals surface area contributed by atoms with Gasteiger partial charge in [0.25, 0.3) is 0 Å². The van der Waals surface area contributed by atoms with Crippen LogP contribution in [0, 0.1) is 11.8 Å². The van der Waals surface area contributed by atoms with Crippen LogP contribution < -0.4 is 0 Å². The Morgan fingerprint density at radius 3 is 2.53 bits per heavy atom. The van der Waals surface area contributed by atoms with Gasteiger partial charge in [0.15, 0.2) is 0 Å². The average molecular weight is 264 g/mol. The van der Waals surface area contributed by atoms with Crippen molar-refractivity contribution >= 4 is 34.8 Å². The molecule has 2 rings (SSSR count). The van der Waals surface area contributed by atoms with Crippen LogP contribution in [-0.4, -0.2) is 0 Å². The normalized spacial score (nSPS) is 20.0. The van der Waals surface area contributed by atoms with Gasteiger partial charge in [-0.3, -0.25) is 0 Å². The number of benzene rings is 1. The number of halogens is 3. The molecular formula is C12H13Cl3. The molecular weight excluding hydrogens is 250 g/mol. The fourth-order valence-electron chi connectivity index (χ4n) is 1.87. The van der Waals surface area contributed by atoms with Crippen molar-refractivity contribution in [3.8, 4) is 0 Å². The standard InChI is InChI=1S/C12H13Cl3/c1-7(8-2-3-8)12(15)10-6-9(13)4-5-11(10)14/h4-8,12H,2-3H2,1H3. The van der Waals surface area contributed by atoms with Crippen molar-refractivity contribution in [1.29, 1.82) is 0 Å². The second-order valence-electron chi connectivity index (χ2n) is 4.26. The predicted molar refractivity (Wildman–Crippen MR) is 66.9 cm³/mol. The van der Waals surface area contributed by atoms with Crippen molar-refractivity contribution in [3.63, 3.8) is 0 Å². The lowest BCUT2D eigenvalue weighted by molar-refractivity contribution is 0.491. The zero-order valence-electron chi connectivity index (χ0n) is 8.51. The highest BCUT2D eigenvalue weighted by atomic mass is 35.5. The molecule has 2 unspecified atom stereocenters. The van der Waals surface area contributed by atoms with Crippen LogP contribution >= 0.6 is 34.8 Å². The molecule has 0 aromatic heterocycles. The highest BCUT2D eigenvalue weighted by molar-refractivity contribution is 6.34. The van der Waals surface area contributed by atoms with E-state index in [2.05, 4.69) is 6.92 Å². The molecule has 15 heavy (non-hydrogen) atoms. The first kappa shape index (κ1) is 11.6. The Balaban J connectivity index is 2.23. The fourth-order valence-corrected chi connectivity index (χ4v) is 2.73. The molecule has 1 saturated carbocycles. The Bertz CT molecular complexity index is 358. The van der Waals surface area contributed by atoms with Crippen LogP contribution in [0.4, 0.5) is 0 Å². The molecule has 0 nitrogen and oxygen atoms in total. The van der Waals surface area contributed by atoms with Gasteiger partial charge < -0.3 is 0 Å². The van der Waals surface area contributed by atoms with Crippen molar-refractivity contribution in [2.24, 2.45) is 11.8 Å². The van der Waals surface area contributed by atoms with Gasteiger partial charge in [0, 0.05) is 10.0 Å². The van der Waals surface area contributed by atoms with Crippen LogP contribution in [0.2, 0.25) is 10.0 Å². The van der Waals surface area contributed by atoms with Crippen LogP contribution in [0.3, 0.4) is 0 Å². The topological polar surface area (TPSA) is 0 Å². The Morgan fingerprint density at radius 2 is 1.93 bits per heavy atom. The van der Waals surface area contributed by atoms with Crippen LogP contribution in [-0.2, 0) is 0 Å². The van der Waals surface area contributed by atoms with Gasteiger partial charge in [-0.1, -0.05) is 30.1 Å². The van der Waals surface area contributed by atoms with Crippen molar-refractivity contribution in [2.75, 3.05) is 0 Å². The number of hydrogen-bond acceptors (Lipinski definition) is 0. The maximum Gasteiger partial charge on any atom is 0.0628 e. The lowest BCUT2D eigenvalue weighted by Crippen LogP contribution is -2.06. The molecule has 0 amide bonds. The summed E-state index contributed by atoms with van der Waals surface area (Å²) in [5.74, 6) is 1.24. The minimum atomic E-state index is -0.0244. The zero-order chi connectivity index (χ0) is 11.0. The van der Waals surface area contributed by atoms with E-state index >= 15 is 0 Å². The van der Waals surface area contributed by atoms with Crippen LogP contribution in [0.15, 0.2) is 18.2 Å². The minimum Gasteiger partial charge on any atom is -0.117 e. The van der Waals surface area contributed by atoms with E-state index in [0.29, 0.717) is 16.0 Å². The first-order chi connectivity index (χ1) is 7.09. The zero-order valence-corrected chi connectivity index (χ0v) is 10.8. The predicted octanol–water partition coefficient (Wildman–Crippen LogP) is 5.32. The van der Waals surface area contributed by atoms with E-state index in [1.165, 1.54) is 12.8 Å². The fraction of sp³-hybridized carbons (Fsp3) is 0.500. The van der Waals surface area contributed by atoms with E-state index in [-0.39, 0.29) is 5.38 Å². The van der Waals surface area contributed by atoms with Crippen molar-refractivity contribution in [1.82, 2.24) is 0 Å². The van der Waals surface area contributed by atoms with Gasteiger partial charge in [0.1, 0.15) is 0 Å². The summed E-state index contributed by atoms with van der Waals surface area (Å²) in [6, 6.07) is 5.48. The molecule has 82 valence electrons. The number of alkyl halides is 1. The Kier molecular flexibility index (Phi) is 3.49. The van der Waals surface area contributed by atoms with Gasteiger partial charge in [-0.15, -0.1) is 11.6 Å². The van der Waals surface area contributed by atoms with Crippen LogP contribution in [0.5, 0.6) is 0 Å². The van der Waals surface area contributed by atoms with Crippen LogP contribution in [0.1, 0.15) is 30.7 Å². The first-order valence-electron chi connectivity index (χ1n) is 5.18. The molecule has 1 aromatic carbocycles. The molecule has 0 saturated heterocycles. The summed E-state index contributed by atoms with van der Waals surface area (Å²) in [6.45, 7) is 2.19. The van der Waals surface area contributed by atoms with Crippen molar-refractivity contribution in [3.05, 3.63) is 33.8 Å². The maximum atomic E-state index is 6.43. The quantitative estimate of drug-likeness (QED) is 0.648. The minimum absolute atomic E-state index is 0.0244. The van der Waals surface area contributed by atoms with E-state index in [1.54, 1.807) is 6.07 Å². The average Bonchev–Trinajstić information content (AvgIpc) is 3.03. The third-order valence-electron chi connectivity index (χ3n) is 3.08. The summed E-state index contributed by atoms with van der Waals surface area (Å²) in [6.07, 6.45) is 2.59. The first-order valence-corrected chi connectivity index (χ1v) is 6.38. The molecule has 1 aliphatic carbocycles. The maximum absolute atomic E-state index is 6.43. The molecule has 1 aliphatic rings. The Labute approximate surface area is 106 Å². The number of hydrogen-bond donors (Lipinski definition) is 0. The van der Waals surface area contributed by atoms with Crippen LogP contribution in [0.25, 0.3) is 0 Å². The van der Waals surface area contributed by atoms with Gasteiger partial charge in [-0.25, -0.2) is 0 Å². The summed E-state index contributed by atoms with van der Waals surface area (Å²) in [5.41, 5.74) is 0.963. The second-order valence-corrected chi connectivity index (χ2v) is 5.58. The molecule has 1 fully saturated rings. The molecule has 0 N–H and O–H groups in total. The Morgan fingerprint density at radius 1 is 1.27 bits per heavy atom. The Hall–Kier alpha value is 0.0900. The summed E-state index contributed by atoms with van der Waals surface area (Å²) >= 11 is 18.5. The molecule has 0 radical (unpaired) electrons. The largest absolute Gasteiger partial charge is 0.117 e. The van der Waals surface area contributed by atoms with Gasteiger partial charge in [-0.2, -0.15) is 0 Å². The van der Waals surface area contributed by atoms with Crippen molar-refractivity contribution in [2.45, 2.75) is 25.1 Å². The van der Waals surface area contributed by atoms with Crippen molar-refractivity contribution < 1.29 is 0 Å². The third kappa shape index (κ3) is 2.61. The summed E-state index contributed by atoms with van der Waals surface area (Å²) in [7, 11) is 0. The molecule has 2 atom stereocenters. The van der Waals surface area contributed by atoms with E-state index in [4.69, 9.17) is 34.8 Å². The molecule has 1 aromatic rings. The highest BCUT2D eigenvalue weighted by Crippen LogP contribution is 2.46. The van der Waals surface area contributed by atoms with E-state index < -0.39 is 0 Å². The van der Waals surface area contributed by atoms with Gasteiger partial charge >= 0.3 is 0 Å². The lowest BCUT2D eigenvalue weighted by Gasteiger charge is -2.19. The monoisotopic (exact) mass is 262 g/mol. The summed E-state index contributed by atoms with van der Waals surface area (Å²) < 4.78 is 0. The molecule has 3 heteroatoms. The van der Waals surface area contributed by atoms with Gasteiger partial charge in [0.05, 0.1) is 5.38 Å². The molecule has 0 heterocycles. The van der Waals surface area contributed by atoms with E-state index in [1.807, 2.05) is 12.1 Å². The molecule has 0 aliphatic heterocycles. The van der Waals surface area contributed by atoms with E-state index in [0.717, 1.165) is 11.5 Å². The summed E-state index contributed by atoms with van der Waals surface area (Å²) in [4.78, 5) is 0. The lowest BCUT2D eigenvalue weighted by atomic mass is 9.96. The highest BCUT2D eigenvalue weighted by Gasteiger charge is 2.33. The molecule has 0 spiro atoms. The SMILES string of the molecule is CC(C1CC1)C(Cl)c1cc(Cl)ccc1Cl. The number of rotatable bonds is 3. The van der Waals surface area contributed by atoms with Gasteiger partial charge in [0.2, 0.25) is 0 Å². The second kappa shape index (κ2) is 4.53. The summed E-state index contributed by atoms with van der Waals surface area (Å²) in [5, 5.41) is 1.39. The van der Waals surface area contributed by atoms with Gasteiger partial charge in [-0.05, 0) is 48.4 Å². The third-order valence-corrected chi connectivity index (χ3v) is 4.29. The smallest absolute Gasteiger partial charge is 0.0628 e. The molecule has 0 bridgehead atoms.